The molecule has 0 aromatic rings. The molecule has 0 aromatic carbocycles. The Hall–Kier alpha value is -1.14. The highest BCUT2D eigenvalue weighted by molar-refractivity contribution is 5.80. The van der Waals surface area contributed by atoms with E-state index in [1.807, 2.05) is 11.9 Å². The van der Waals surface area contributed by atoms with Crippen molar-refractivity contribution in [1.29, 1.82) is 0 Å². The molecule has 2 fully saturated rings. The highest BCUT2D eigenvalue weighted by Gasteiger charge is 2.44. The molecule has 2 aliphatic heterocycles. The maximum atomic E-state index is 13.1. The second-order valence-corrected chi connectivity index (χ2v) is 7.60. The summed E-state index contributed by atoms with van der Waals surface area (Å²) < 4.78 is 10.4. The monoisotopic (exact) mass is 340 g/mol. The number of hydrazine groups is 1. The maximum absolute atomic E-state index is 13.1. The molecule has 0 N–H and O–H groups in total. The SMILES string of the molecule is COC(=O)C[C@@H](C)[C@H]1CCCN(N2CCC[C@H]2C(C)(C)OC)C1=O. The average Bonchev–Trinajstić information content (AvgIpc) is 3.05. The third-order valence-corrected chi connectivity index (χ3v) is 5.72. The van der Waals surface area contributed by atoms with Gasteiger partial charge in [0.25, 0.3) is 0 Å². The van der Waals surface area contributed by atoms with Gasteiger partial charge in [-0.1, -0.05) is 6.92 Å². The fourth-order valence-corrected chi connectivity index (χ4v) is 4.04. The van der Waals surface area contributed by atoms with Gasteiger partial charge in [0.1, 0.15) is 0 Å². The Morgan fingerprint density at radius 1 is 1.25 bits per heavy atom. The molecule has 138 valence electrons. The summed E-state index contributed by atoms with van der Waals surface area (Å²) in [6, 6.07) is 0.209. The molecule has 0 saturated carbocycles. The Labute approximate surface area is 145 Å². The third kappa shape index (κ3) is 3.91. The molecule has 0 aliphatic carbocycles. The first-order valence-corrected chi connectivity index (χ1v) is 9.01. The lowest BCUT2D eigenvalue weighted by Gasteiger charge is -2.46. The summed E-state index contributed by atoms with van der Waals surface area (Å²) in [5.74, 6) is -0.197. The van der Waals surface area contributed by atoms with E-state index in [0.29, 0.717) is 6.42 Å². The van der Waals surface area contributed by atoms with Crippen molar-refractivity contribution in [3.8, 4) is 0 Å². The number of esters is 1. The van der Waals surface area contributed by atoms with Crippen LogP contribution in [0.2, 0.25) is 0 Å². The van der Waals surface area contributed by atoms with Crippen molar-refractivity contribution in [2.45, 2.75) is 64.5 Å². The molecule has 2 heterocycles. The lowest BCUT2D eigenvalue weighted by atomic mass is 9.84. The topological polar surface area (TPSA) is 59.1 Å². The van der Waals surface area contributed by atoms with Gasteiger partial charge in [-0.15, -0.1) is 0 Å². The van der Waals surface area contributed by atoms with Crippen molar-refractivity contribution in [2.24, 2.45) is 11.8 Å². The highest BCUT2D eigenvalue weighted by Crippen LogP contribution is 2.35. The Balaban J connectivity index is 2.10. The molecular formula is C18H32N2O4. The van der Waals surface area contributed by atoms with Gasteiger partial charge in [-0.05, 0) is 45.4 Å². The van der Waals surface area contributed by atoms with Crippen molar-refractivity contribution in [3.05, 3.63) is 0 Å². The number of methoxy groups -OCH3 is 2. The first kappa shape index (κ1) is 19.2. The summed E-state index contributed by atoms with van der Waals surface area (Å²) in [6.07, 6.45) is 4.22. The van der Waals surface area contributed by atoms with Crippen LogP contribution in [0.25, 0.3) is 0 Å². The molecule has 3 atom stereocenters. The van der Waals surface area contributed by atoms with E-state index in [1.54, 1.807) is 7.11 Å². The number of piperidine rings is 1. The lowest BCUT2D eigenvalue weighted by Crippen LogP contribution is -2.59. The normalized spacial score (nSPS) is 27.4. The van der Waals surface area contributed by atoms with Gasteiger partial charge in [-0.2, -0.15) is 0 Å². The predicted molar refractivity (Wildman–Crippen MR) is 91.1 cm³/mol. The number of hydrogen-bond acceptors (Lipinski definition) is 5. The van der Waals surface area contributed by atoms with E-state index in [0.717, 1.165) is 38.8 Å². The van der Waals surface area contributed by atoms with Gasteiger partial charge in [0, 0.05) is 32.5 Å². The molecule has 0 bridgehead atoms. The number of carbonyl (C=O) groups excluding carboxylic acids is 2. The number of amides is 1. The van der Waals surface area contributed by atoms with E-state index in [9.17, 15) is 9.59 Å². The molecule has 24 heavy (non-hydrogen) atoms. The number of hydrogen-bond donors (Lipinski definition) is 0. The van der Waals surface area contributed by atoms with Crippen molar-refractivity contribution in [1.82, 2.24) is 10.0 Å². The Kier molecular flexibility index (Phi) is 6.26. The summed E-state index contributed by atoms with van der Waals surface area (Å²) >= 11 is 0. The zero-order chi connectivity index (χ0) is 17.9. The minimum atomic E-state index is -0.290. The number of ether oxygens (including phenoxy) is 2. The van der Waals surface area contributed by atoms with E-state index < -0.39 is 0 Å². The zero-order valence-corrected chi connectivity index (χ0v) is 15.7. The van der Waals surface area contributed by atoms with Crippen molar-refractivity contribution in [3.63, 3.8) is 0 Å². The molecule has 0 aromatic heterocycles. The van der Waals surface area contributed by atoms with Gasteiger partial charge in [0.2, 0.25) is 5.91 Å². The van der Waals surface area contributed by atoms with Crippen LogP contribution in [-0.4, -0.2) is 60.8 Å². The molecule has 2 rings (SSSR count). The zero-order valence-electron chi connectivity index (χ0n) is 15.7. The Morgan fingerprint density at radius 2 is 1.92 bits per heavy atom. The quantitative estimate of drug-likeness (QED) is 0.694. The fraction of sp³-hybridized carbons (Fsp3) is 0.889. The average molecular weight is 340 g/mol. The fourth-order valence-electron chi connectivity index (χ4n) is 4.04. The summed E-state index contributed by atoms with van der Waals surface area (Å²) in [5, 5.41) is 4.14. The van der Waals surface area contributed by atoms with Crippen LogP contribution in [0.3, 0.4) is 0 Å². The molecule has 2 saturated heterocycles. The highest BCUT2D eigenvalue weighted by atomic mass is 16.5. The maximum Gasteiger partial charge on any atom is 0.305 e. The van der Waals surface area contributed by atoms with Crippen LogP contribution >= 0.6 is 0 Å². The van der Waals surface area contributed by atoms with E-state index in [-0.39, 0.29) is 35.4 Å². The molecular weight excluding hydrogens is 308 g/mol. The smallest absolute Gasteiger partial charge is 0.305 e. The van der Waals surface area contributed by atoms with Crippen LogP contribution in [0.5, 0.6) is 0 Å². The molecule has 6 nitrogen and oxygen atoms in total. The molecule has 2 aliphatic rings. The van der Waals surface area contributed by atoms with Gasteiger partial charge in [-0.25, -0.2) is 5.01 Å². The standard InChI is InChI=1S/C18H32N2O4/c1-13(12-16(21)23-4)14-8-6-11-20(17(14)22)19-10-7-9-15(19)18(2,3)24-5/h13-15H,6-12H2,1-5H3/t13-,14-,15+/m1/s1. The Bertz CT molecular complexity index is 466. The van der Waals surface area contributed by atoms with Crippen LogP contribution in [0.4, 0.5) is 0 Å². The largest absolute Gasteiger partial charge is 0.469 e. The molecule has 0 spiro atoms. The van der Waals surface area contributed by atoms with Gasteiger partial charge in [-0.3, -0.25) is 14.6 Å². The van der Waals surface area contributed by atoms with E-state index in [1.165, 1.54) is 7.11 Å². The van der Waals surface area contributed by atoms with Crippen molar-refractivity contribution < 1.29 is 19.1 Å². The van der Waals surface area contributed by atoms with E-state index in [2.05, 4.69) is 18.9 Å². The molecule has 1 amide bonds. The van der Waals surface area contributed by atoms with Crippen molar-refractivity contribution in [2.75, 3.05) is 27.3 Å². The minimum absolute atomic E-state index is 0.00392. The first-order chi connectivity index (χ1) is 11.3. The molecule has 6 heteroatoms. The van der Waals surface area contributed by atoms with Gasteiger partial charge in [0.15, 0.2) is 0 Å². The predicted octanol–water partition coefficient (Wildman–Crippen LogP) is 2.23. The summed E-state index contributed by atoms with van der Waals surface area (Å²) in [4.78, 5) is 24.6. The minimum Gasteiger partial charge on any atom is -0.469 e. The molecule has 0 unspecified atom stereocenters. The van der Waals surface area contributed by atoms with Gasteiger partial charge < -0.3 is 9.47 Å². The summed E-state index contributed by atoms with van der Waals surface area (Å²) in [5.41, 5.74) is -0.290. The van der Waals surface area contributed by atoms with Crippen LogP contribution in [-0.2, 0) is 19.1 Å². The molecule has 0 radical (unpaired) electrons. The second kappa shape index (κ2) is 7.83. The summed E-state index contributed by atoms with van der Waals surface area (Å²) in [7, 11) is 3.13. The van der Waals surface area contributed by atoms with E-state index in [4.69, 9.17) is 9.47 Å². The van der Waals surface area contributed by atoms with Crippen molar-refractivity contribution >= 4 is 11.9 Å². The first-order valence-electron chi connectivity index (χ1n) is 9.01. The van der Waals surface area contributed by atoms with Crippen LogP contribution in [0.1, 0.15) is 52.9 Å². The van der Waals surface area contributed by atoms with Crippen LogP contribution in [0, 0.1) is 11.8 Å². The van der Waals surface area contributed by atoms with Gasteiger partial charge >= 0.3 is 5.97 Å². The third-order valence-electron chi connectivity index (χ3n) is 5.72. The number of carbonyl (C=O) groups is 2. The number of rotatable bonds is 6. The summed E-state index contributed by atoms with van der Waals surface area (Å²) in [6.45, 7) is 7.80. The number of nitrogens with zero attached hydrogens (tertiary/aromatic N) is 2. The van der Waals surface area contributed by atoms with Crippen LogP contribution in [0.15, 0.2) is 0 Å². The Morgan fingerprint density at radius 3 is 2.54 bits per heavy atom. The van der Waals surface area contributed by atoms with E-state index >= 15 is 0 Å². The van der Waals surface area contributed by atoms with Crippen LogP contribution < -0.4 is 0 Å². The lowest BCUT2D eigenvalue weighted by molar-refractivity contribution is -0.173. The second-order valence-electron chi connectivity index (χ2n) is 7.60. The van der Waals surface area contributed by atoms with Gasteiger partial charge in [0.05, 0.1) is 18.8 Å².